The lowest BCUT2D eigenvalue weighted by molar-refractivity contribution is -0.147. The maximum absolute atomic E-state index is 14.0. The van der Waals surface area contributed by atoms with Crippen LogP contribution < -0.4 is 15.5 Å². The Labute approximate surface area is 264 Å². The van der Waals surface area contributed by atoms with E-state index in [0.29, 0.717) is 12.1 Å². The van der Waals surface area contributed by atoms with E-state index < -0.39 is 28.8 Å². The highest BCUT2D eigenvalue weighted by Gasteiger charge is 2.49. The highest BCUT2D eigenvalue weighted by molar-refractivity contribution is 8.00. The van der Waals surface area contributed by atoms with Crippen LogP contribution in [0.5, 0.6) is 0 Å². The summed E-state index contributed by atoms with van der Waals surface area (Å²) < 4.78 is -0.570. The number of nitrogens with one attached hydrogen (secondary N) is 2. The van der Waals surface area contributed by atoms with Gasteiger partial charge in [0.2, 0.25) is 5.91 Å². The van der Waals surface area contributed by atoms with Crippen molar-refractivity contribution < 1.29 is 19.5 Å². The number of amides is 3. The molecule has 0 spiro atoms. The second-order valence-corrected chi connectivity index (χ2v) is 13.7. The van der Waals surface area contributed by atoms with Crippen LogP contribution in [0.15, 0.2) is 72.8 Å². The van der Waals surface area contributed by atoms with Gasteiger partial charge in [0, 0.05) is 35.6 Å². The number of aliphatic hydroxyl groups is 1. The van der Waals surface area contributed by atoms with Gasteiger partial charge in [0.1, 0.15) is 6.04 Å². The molecule has 0 saturated carbocycles. The van der Waals surface area contributed by atoms with Crippen molar-refractivity contribution in [2.45, 2.75) is 70.0 Å². The molecule has 8 nitrogen and oxygen atoms in total. The zero-order valence-corrected chi connectivity index (χ0v) is 26.7. The van der Waals surface area contributed by atoms with Gasteiger partial charge in [-0.1, -0.05) is 60.7 Å². The van der Waals surface area contributed by atoms with Gasteiger partial charge >= 0.3 is 0 Å². The lowest BCUT2D eigenvalue weighted by Gasteiger charge is -2.33. The molecule has 3 aromatic rings. The van der Waals surface area contributed by atoms with E-state index in [2.05, 4.69) is 22.5 Å². The highest BCUT2D eigenvalue weighted by Crippen LogP contribution is 2.40. The molecule has 9 heteroatoms. The molecule has 3 atom stereocenters. The van der Waals surface area contributed by atoms with Gasteiger partial charge < -0.3 is 25.5 Å². The molecular weight excluding hydrogens is 572 g/mol. The number of anilines is 1. The molecule has 2 aliphatic rings. The number of nitrogens with zero attached hydrogens (tertiary/aromatic N) is 2. The van der Waals surface area contributed by atoms with Gasteiger partial charge in [-0.15, -0.1) is 11.8 Å². The molecule has 3 amide bonds. The van der Waals surface area contributed by atoms with Crippen LogP contribution in [0.4, 0.5) is 5.69 Å². The van der Waals surface area contributed by atoms with E-state index in [1.807, 2.05) is 87.5 Å². The molecule has 3 aromatic carbocycles. The van der Waals surface area contributed by atoms with Crippen molar-refractivity contribution in [2.24, 2.45) is 0 Å². The number of likely N-dealkylation sites (N-methyl/N-ethyl adjacent to an activating group) is 1. The molecule has 0 aliphatic carbocycles. The summed E-state index contributed by atoms with van der Waals surface area (Å²) in [4.78, 5) is 45.1. The van der Waals surface area contributed by atoms with Crippen LogP contribution in [0.25, 0.3) is 0 Å². The molecule has 5 rings (SSSR count). The van der Waals surface area contributed by atoms with Gasteiger partial charge in [-0.3, -0.25) is 14.4 Å². The maximum Gasteiger partial charge on any atom is 0.254 e. The third-order valence-corrected chi connectivity index (χ3v) is 10.2. The molecule has 0 bridgehead atoms. The lowest BCUT2D eigenvalue weighted by atomic mass is 9.96. The molecule has 1 saturated heterocycles. The Morgan fingerprint density at radius 3 is 2.48 bits per heavy atom. The molecule has 0 aromatic heterocycles. The third-order valence-electron chi connectivity index (χ3n) is 8.79. The van der Waals surface area contributed by atoms with E-state index in [1.54, 1.807) is 6.07 Å². The minimum absolute atomic E-state index is 0.254. The topological polar surface area (TPSA) is 102 Å². The second kappa shape index (κ2) is 13.4. The molecule has 3 N–H and O–H groups in total. The highest BCUT2D eigenvalue weighted by atomic mass is 32.2. The number of hydrogen-bond donors (Lipinski definition) is 3. The van der Waals surface area contributed by atoms with Crippen molar-refractivity contribution in [1.29, 1.82) is 0 Å². The molecule has 232 valence electrons. The van der Waals surface area contributed by atoms with Crippen molar-refractivity contribution >= 4 is 35.2 Å². The van der Waals surface area contributed by atoms with Crippen LogP contribution in [0, 0.1) is 6.92 Å². The largest absolute Gasteiger partial charge is 0.381 e. The Hall–Kier alpha value is -3.82. The number of carbonyl (C=O) groups excluding carboxylic acids is 3. The zero-order valence-electron chi connectivity index (χ0n) is 25.9. The molecular formula is C35H42N4O4S. The monoisotopic (exact) mass is 614 g/mol. The average Bonchev–Trinajstić information content (AvgIpc) is 3.59. The van der Waals surface area contributed by atoms with Gasteiger partial charge in [-0.2, -0.15) is 0 Å². The quantitative estimate of drug-likeness (QED) is 0.318. The summed E-state index contributed by atoms with van der Waals surface area (Å²) in [6.07, 6.45) is -0.537. The van der Waals surface area contributed by atoms with Crippen molar-refractivity contribution in [2.75, 3.05) is 23.9 Å². The summed E-state index contributed by atoms with van der Waals surface area (Å²) in [6.45, 7) is 10.0. The van der Waals surface area contributed by atoms with Crippen LogP contribution in [-0.2, 0) is 29.0 Å². The summed E-state index contributed by atoms with van der Waals surface area (Å²) in [7, 11) is 0. The molecule has 2 aliphatic heterocycles. The van der Waals surface area contributed by atoms with Crippen LogP contribution in [0.2, 0.25) is 0 Å². The van der Waals surface area contributed by atoms with Crippen LogP contribution >= 0.6 is 11.8 Å². The van der Waals surface area contributed by atoms with Gasteiger partial charge in [0.15, 0.2) is 6.10 Å². The lowest BCUT2D eigenvalue weighted by Crippen LogP contribution is -2.58. The van der Waals surface area contributed by atoms with Gasteiger partial charge in [0.25, 0.3) is 11.8 Å². The number of fused-ring (bicyclic) bond motifs is 1. The molecule has 2 heterocycles. The van der Waals surface area contributed by atoms with E-state index in [-0.39, 0.29) is 24.1 Å². The first-order valence-electron chi connectivity index (χ1n) is 15.3. The van der Waals surface area contributed by atoms with E-state index in [9.17, 15) is 19.5 Å². The Kier molecular flexibility index (Phi) is 9.65. The normalized spacial score (nSPS) is 18.4. The van der Waals surface area contributed by atoms with Gasteiger partial charge in [-0.25, -0.2) is 0 Å². The standard InChI is InChI=1S/C35H42N4O4S/c1-5-38-19-18-26-27(16-11-17-29(26)38)32(41)37-28(20-24-13-7-6-8-14-24)30(40)34(43)39-22-44-35(3,4)31(39)33(42)36-21-25-15-10-9-12-23(25)2/h6-17,28,30-31,40H,5,18-22H2,1-4H3,(H,36,42)(H,37,41)/t28-,30-,31+/m0/s1. The predicted molar refractivity (Wildman–Crippen MR) is 176 cm³/mol. The second-order valence-electron chi connectivity index (χ2n) is 12.1. The van der Waals surface area contributed by atoms with Crippen LogP contribution in [0.3, 0.4) is 0 Å². The maximum atomic E-state index is 14.0. The van der Waals surface area contributed by atoms with Crippen molar-refractivity contribution in [3.8, 4) is 0 Å². The molecule has 0 unspecified atom stereocenters. The first kappa shape index (κ1) is 31.6. The Balaban J connectivity index is 1.37. The van der Waals surface area contributed by atoms with E-state index in [1.165, 1.54) is 16.7 Å². The number of aliphatic hydroxyl groups excluding tert-OH is 1. The number of hydrogen-bond acceptors (Lipinski definition) is 6. The Bertz CT molecular complexity index is 1510. The van der Waals surface area contributed by atoms with E-state index in [0.717, 1.165) is 47.5 Å². The average molecular weight is 615 g/mol. The van der Waals surface area contributed by atoms with Crippen LogP contribution in [0.1, 0.15) is 53.4 Å². The fourth-order valence-corrected chi connectivity index (χ4v) is 7.38. The van der Waals surface area contributed by atoms with Gasteiger partial charge in [0.05, 0.1) is 11.9 Å². The number of rotatable bonds is 10. The summed E-state index contributed by atoms with van der Waals surface area (Å²) in [5.74, 6) is -0.907. The van der Waals surface area contributed by atoms with E-state index in [4.69, 9.17) is 0 Å². The third kappa shape index (κ3) is 6.64. The Morgan fingerprint density at radius 2 is 1.75 bits per heavy atom. The van der Waals surface area contributed by atoms with Crippen molar-refractivity contribution in [1.82, 2.24) is 15.5 Å². The minimum Gasteiger partial charge on any atom is -0.381 e. The number of benzene rings is 3. The van der Waals surface area contributed by atoms with E-state index >= 15 is 0 Å². The Morgan fingerprint density at radius 1 is 1.02 bits per heavy atom. The summed E-state index contributed by atoms with van der Waals surface area (Å²) >= 11 is 1.50. The number of thioether (sulfide) groups is 1. The first-order chi connectivity index (χ1) is 21.1. The predicted octanol–water partition coefficient (Wildman–Crippen LogP) is 4.08. The molecule has 0 radical (unpaired) electrons. The summed E-state index contributed by atoms with van der Waals surface area (Å²) in [6, 6.07) is 21.4. The number of carbonyl (C=O) groups is 3. The van der Waals surface area contributed by atoms with Crippen LogP contribution in [-0.4, -0.2) is 69.6 Å². The zero-order chi connectivity index (χ0) is 31.4. The summed E-state index contributed by atoms with van der Waals surface area (Å²) in [5, 5.41) is 17.6. The number of aryl methyl sites for hydroxylation is 1. The minimum atomic E-state index is -1.55. The van der Waals surface area contributed by atoms with Gasteiger partial charge in [-0.05, 0) is 74.9 Å². The van der Waals surface area contributed by atoms with Crippen molar-refractivity contribution in [3.05, 3.63) is 101 Å². The van der Waals surface area contributed by atoms with Crippen molar-refractivity contribution in [3.63, 3.8) is 0 Å². The fourth-order valence-electron chi connectivity index (χ4n) is 6.24. The smallest absolute Gasteiger partial charge is 0.254 e. The SMILES string of the molecule is CCN1CCc2c(C(=O)N[C@@H](Cc3ccccc3)[C@H](O)C(=O)N3CSC(C)(C)[C@H]3C(=O)NCc3ccccc3C)cccc21. The molecule has 1 fully saturated rings. The summed E-state index contributed by atoms with van der Waals surface area (Å²) in [5.41, 5.74) is 5.54. The fraction of sp³-hybridized carbons (Fsp3) is 0.400. The first-order valence-corrected chi connectivity index (χ1v) is 16.3. The molecule has 44 heavy (non-hydrogen) atoms.